The summed E-state index contributed by atoms with van der Waals surface area (Å²) in [5.41, 5.74) is -0.219. The lowest BCUT2D eigenvalue weighted by Crippen LogP contribution is -2.41. The molecule has 7 nitrogen and oxygen atoms in total. The molecule has 1 amide bonds. The molecule has 0 spiro atoms. The van der Waals surface area contributed by atoms with E-state index in [0.29, 0.717) is 13.0 Å². The van der Waals surface area contributed by atoms with Gasteiger partial charge in [0.15, 0.2) is 9.84 Å². The quantitative estimate of drug-likeness (QED) is 0.833. The maximum atomic E-state index is 13.7. The number of hydrogen-bond donors (Lipinski definition) is 1. The molecule has 2 heterocycles. The minimum atomic E-state index is -3.12. The van der Waals surface area contributed by atoms with Crippen LogP contribution in [-0.4, -0.2) is 53.3 Å². The Morgan fingerprint density at radius 2 is 1.89 bits per heavy atom. The molecule has 1 unspecified atom stereocenters. The maximum Gasteiger partial charge on any atom is 0.257 e. The van der Waals surface area contributed by atoms with Crippen LogP contribution in [0.3, 0.4) is 0 Å². The summed E-state index contributed by atoms with van der Waals surface area (Å²) in [6.07, 6.45) is 2.88. The highest BCUT2D eigenvalue weighted by molar-refractivity contribution is 7.91. The van der Waals surface area contributed by atoms with Crippen molar-refractivity contribution < 1.29 is 22.0 Å². The Kier molecular flexibility index (Phi) is 5.36. The number of sulfone groups is 1. The van der Waals surface area contributed by atoms with E-state index in [9.17, 15) is 22.0 Å². The van der Waals surface area contributed by atoms with Crippen LogP contribution in [-0.2, 0) is 9.84 Å². The fraction of sp³-hybridized carbons (Fsp3) is 0.353. The molecule has 3 rings (SSSR count). The van der Waals surface area contributed by atoms with E-state index in [2.05, 4.69) is 15.3 Å². The van der Waals surface area contributed by atoms with Crippen LogP contribution < -0.4 is 5.32 Å². The third kappa shape index (κ3) is 4.21. The predicted molar refractivity (Wildman–Crippen MR) is 95.4 cm³/mol. The van der Waals surface area contributed by atoms with Crippen molar-refractivity contribution in [2.75, 3.05) is 23.4 Å². The third-order valence-corrected chi connectivity index (χ3v) is 6.10. The SMILES string of the molecule is CCN(C(=O)c1cnc(Nc2c(F)cccc2F)nc1)C1CCS(=O)(=O)C1. The van der Waals surface area contributed by atoms with Gasteiger partial charge in [0, 0.05) is 25.0 Å². The molecule has 1 aromatic heterocycles. The highest BCUT2D eigenvalue weighted by atomic mass is 32.2. The smallest absolute Gasteiger partial charge is 0.257 e. The fourth-order valence-electron chi connectivity index (χ4n) is 2.99. The Balaban J connectivity index is 1.75. The van der Waals surface area contributed by atoms with Crippen molar-refractivity contribution >= 4 is 27.4 Å². The molecule has 27 heavy (non-hydrogen) atoms. The molecule has 0 radical (unpaired) electrons. The monoisotopic (exact) mass is 396 g/mol. The molecule has 1 aliphatic heterocycles. The van der Waals surface area contributed by atoms with Crippen molar-refractivity contribution in [3.8, 4) is 0 Å². The molecule has 0 bridgehead atoms. The maximum absolute atomic E-state index is 13.7. The lowest BCUT2D eigenvalue weighted by atomic mass is 10.2. The number of carbonyl (C=O) groups is 1. The normalized spacial score (nSPS) is 18.3. The lowest BCUT2D eigenvalue weighted by Gasteiger charge is -2.26. The van der Waals surface area contributed by atoms with Crippen LogP contribution in [0, 0.1) is 11.6 Å². The number of benzene rings is 1. The summed E-state index contributed by atoms with van der Waals surface area (Å²) in [5.74, 6) is -2.03. The van der Waals surface area contributed by atoms with E-state index in [0.717, 1.165) is 12.1 Å². The van der Waals surface area contributed by atoms with Gasteiger partial charge >= 0.3 is 0 Å². The van der Waals surface area contributed by atoms with E-state index in [1.165, 1.54) is 23.4 Å². The van der Waals surface area contributed by atoms with Crippen LogP contribution in [0.1, 0.15) is 23.7 Å². The highest BCUT2D eigenvalue weighted by Gasteiger charge is 2.34. The topological polar surface area (TPSA) is 92.3 Å². The molecule has 0 saturated carbocycles. The average molecular weight is 396 g/mol. The number of carbonyl (C=O) groups excluding carboxylic acids is 1. The molecule has 1 N–H and O–H groups in total. The molecular weight excluding hydrogens is 378 g/mol. The van der Waals surface area contributed by atoms with Gasteiger partial charge in [-0.25, -0.2) is 27.2 Å². The van der Waals surface area contributed by atoms with Crippen molar-refractivity contribution in [2.24, 2.45) is 0 Å². The Morgan fingerprint density at radius 3 is 2.41 bits per heavy atom. The largest absolute Gasteiger partial charge is 0.335 e. The average Bonchev–Trinajstić information content (AvgIpc) is 2.99. The van der Waals surface area contributed by atoms with Gasteiger partial charge in [-0.1, -0.05) is 6.07 Å². The standard InChI is InChI=1S/C17H18F2N4O3S/c1-2-23(12-6-7-27(25,26)10-12)16(24)11-8-20-17(21-9-11)22-15-13(18)4-3-5-14(15)19/h3-5,8-9,12H,2,6-7,10H2,1H3,(H,20,21,22). The summed E-state index contributed by atoms with van der Waals surface area (Å²) in [6, 6.07) is 3.05. The zero-order chi connectivity index (χ0) is 19.6. The molecule has 1 aliphatic rings. The summed E-state index contributed by atoms with van der Waals surface area (Å²) >= 11 is 0. The number of aromatic nitrogens is 2. The second kappa shape index (κ2) is 7.55. The van der Waals surface area contributed by atoms with Crippen molar-refractivity contribution in [3.05, 3.63) is 47.8 Å². The van der Waals surface area contributed by atoms with E-state index >= 15 is 0 Å². The highest BCUT2D eigenvalue weighted by Crippen LogP contribution is 2.22. The Morgan fingerprint density at radius 1 is 1.26 bits per heavy atom. The molecule has 144 valence electrons. The van der Waals surface area contributed by atoms with Gasteiger partial charge < -0.3 is 10.2 Å². The number of hydrogen-bond acceptors (Lipinski definition) is 6. The van der Waals surface area contributed by atoms with Gasteiger partial charge in [-0.05, 0) is 25.5 Å². The summed E-state index contributed by atoms with van der Waals surface area (Å²) in [6.45, 7) is 2.11. The Labute approximate surface area is 155 Å². The number of anilines is 2. The zero-order valence-corrected chi connectivity index (χ0v) is 15.3. The molecule has 2 aromatic rings. The molecule has 1 aromatic carbocycles. The number of halogens is 2. The number of para-hydroxylation sites is 1. The van der Waals surface area contributed by atoms with Gasteiger partial charge in [-0.3, -0.25) is 4.79 Å². The Hall–Kier alpha value is -2.62. The van der Waals surface area contributed by atoms with E-state index in [-0.39, 0.29) is 40.7 Å². The van der Waals surface area contributed by atoms with Crippen LogP contribution in [0.25, 0.3) is 0 Å². The molecule has 10 heteroatoms. The van der Waals surface area contributed by atoms with Gasteiger partial charge in [0.2, 0.25) is 5.95 Å². The van der Waals surface area contributed by atoms with Gasteiger partial charge in [0.25, 0.3) is 5.91 Å². The summed E-state index contributed by atoms with van der Waals surface area (Å²) in [7, 11) is -3.12. The van der Waals surface area contributed by atoms with Crippen LogP contribution >= 0.6 is 0 Å². The molecule has 1 saturated heterocycles. The van der Waals surface area contributed by atoms with Crippen molar-refractivity contribution in [1.82, 2.24) is 14.9 Å². The molecule has 1 fully saturated rings. The predicted octanol–water partition coefficient (Wildman–Crippen LogP) is 2.15. The minimum Gasteiger partial charge on any atom is -0.335 e. The fourth-order valence-corrected chi connectivity index (χ4v) is 4.72. The van der Waals surface area contributed by atoms with E-state index < -0.39 is 21.5 Å². The number of nitrogens with one attached hydrogen (secondary N) is 1. The first-order chi connectivity index (χ1) is 12.8. The van der Waals surface area contributed by atoms with Crippen molar-refractivity contribution in [1.29, 1.82) is 0 Å². The zero-order valence-electron chi connectivity index (χ0n) is 14.5. The number of amides is 1. The molecule has 1 atom stereocenters. The summed E-state index contributed by atoms with van der Waals surface area (Å²) in [4.78, 5) is 22.0. The number of nitrogens with zero attached hydrogens (tertiary/aromatic N) is 3. The van der Waals surface area contributed by atoms with Gasteiger partial charge in [-0.2, -0.15) is 0 Å². The third-order valence-electron chi connectivity index (χ3n) is 4.35. The summed E-state index contributed by atoms with van der Waals surface area (Å²) in [5, 5.41) is 2.44. The molecular formula is C17H18F2N4O3S. The summed E-state index contributed by atoms with van der Waals surface area (Å²) < 4.78 is 50.6. The van der Waals surface area contributed by atoms with E-state index in [1.807, 2.05) is 0 Å². The second-order valence-corrected chi connectivity index (χ2v) is 8.39. The first-order valence-corrected chi connectivity index (χ1v) is 10.2. The first-order valence-electron chi connectivity index (χ1n) is 8.35. The van der Waals surface area contributed by atoms with E-state index in [4.69, 9.17) is 0 Å². The van der Waals surface area contributed by atoms with Crippen molar-refractivity contribution in [2.45, 2.75) is 19.4 Å². The number of rotatable bonds is 5. The van der Waals surface area contributed by atoms with E-state index in [1.54, 1.807) is 6.92 Å². The van der Waals surface area contributed by atoms with Crippen LogP contribution in [0.2, 0.25) is 0 Å². The lowest BCUT2D eigenvalue weighted by molar-refractivity contribution is 0.0707. The molecule has 0 aliphatic carbocycles. The van der Waals surface area contributed by atoms with Gasteiger partial charge in [0.05, 0.1) is 17.1 Å². The van der Waals surface area contributed by atoms with Crippen molar-refractivity contribution in [3.63, 3.8) is 0 Å². The van der Waals surface area contributed by atoms with Crippen LogP contribution in [0.4, 0.5) is 20.4 Å². The Bertz CT molecular complexity index is 931. The second-order valence-electron chi connectivity index (χ2n) is 6.17. The van der Waals surface area contributed by atoms with Crippen LogP contribution in [0.5, 0.6) is 0 Å². The van der Waals surface area contributed by atoms with Crippen LogP contribution in [0.15, 0.2) is 30.6 Å². The minimum absolute atomic E-state index is 0.0559. The van der Waals surface area contributed by atoms with Gasteiger partial charge in [0.1, 0.15) is 17.3 Å². The van der Waals surface area contributed by atoms with Gasteiger partial charge in [-0.15, -0.1) is 0 Å². The first kappa shape index (κ1) is 19.2.